The van der Waals surface area contributed by atoms with Gasteiger partial charge in [-0.2, -0.15) is 0 Å². The first-order chi connectivity index (χ1) is 11.8. The van der Waals surface area contributed by atoms with E-state index in [9.17, 15) is 4.79 Å². The fourth-order valence-corrected chi connectivity index (χ4v) is 3.84. The normalized spacial score (nSPS) is 16.3. The van der Waals surface area contributed by atoms with Crippen molar-refractivity contribution in [1.29, 1.82) is 0 Å². The number of pyridine rings is 1. The second kappa shape index (κ2) is 6.07. The molecule has 0 aliphatic heterocycles. The van der Waals surface area contributed by atoms with E-state index in [0.29, 0.717) is 6.54 Å². The third-order valence-corrected chi connectivity index (χ3v) is 5.13. The molecule has 1 saturated carbocycles. The van der Waals surface area contributed by atoms with Crippen LogP contribution in [0.15, 0.2) is 42.7 Å². The highest BCUT2D eigenvalue weighted by molar-refractivity contribution is 5.80. The Morgan fingerprint density at radius 2 is 1.96 bits per heavy atom. The number of aromatic nitrogens is 3. The molecule has 1 aliphatic carbocycles. The maximum Gasteiger partial charge on any atom is 0.207 e. The van der Waals surface area contributed by atoms with E-state index in [-0.39, 0.29) is 5.41 Å². The molecule has 4 rings (SSSR count). The van der Waals surface area contributed by atoms with Gasteiger partial charge in [-0.1, -0.05) is 18.9 Å². The topological polar surface area (TPSA) is 70.7 Å². The lowest BCUT2D eigenvalue weighted by Gasteiger charge is -2.29. The van der Waals surface area contributed by atoms with E-state index in [1.165, 1.54) is 18.4 Å². The molecule has 2 aromatic heterocycles. The van der Waals surface area contributed by atoms with Crippen LogP contribution >= 0.6 is 0 Å². The zero-order chi connectivity index (χ0) is 16.4. The molecule has 122 valence electrons. The van der Waals surface area contributed by atoms with E-state index in [1.807, 2.05) is 12.1 Å². The van der Waals surface area contributed by atoms with Crippen LogP contribution in [0, 0.1) is 0 Å². The molecule has 1 amide bonds. The average molecular weight is 320 g/mol. The van der Waals surface area contributed by atoms with Crippen molar-refractivity contribution in [3.63, 3.8) is 0 Å². The van der Waals surface area contributed by atoms with Crippen LogP contribution in [0.3, 0.4) is 0 Å². The largest absolute Gasteiger partial charge is 0.358 e. The molecule has 24 heavy (non-hydrogen) atoms. The fourth-order valence-electron chi connectivity index (χ4n) is 3.84. The Labute approximate surface area is 140 Å². The molecule has 1 aromatic carbocycles. The fraction of sp³-hybridized carbons (Fsp3) is 0.316. The Morgan fingerprint density at radius 1 is 1.17 bits per heavy atom. The van der Waals surface area contributed by atoms with E-state index in [2.05, 4.69) is 33.5 Å². The highest BCUT2D eigenvalue weighted by atomic mass is 16.1. The number of benzene rings is 1. The molecule has 0 spiro atoms. The van der Waals surface area contributed by atoms with Crippen LogP contribution in [0.1, 0.15) is 31.2 Å². The lowest BCUT2D eigenvalue weighted by atomic mass is 9.78. The maximum absolute atomic E-state index is 10.8. The molecule has 1 aliphatic rings. The van der Waals surface area contributed by atoms with Gasteiger partial charge in [0, 0.05) is 29.9 Å². The number of hydrogen-bond donors (Lipinski definition) is 2. The summed E-state index contributed by atoms with van der Waals surface area (Å²) in [5, 5.41) is 2.89. The van der Waals surface area contributed by atoms with Gasteiger partial charge in [0.2, 0.25) is 6.41 Å². The van der Waals surface area contributed by atoms with Crippen molar-refractivity contribution in [1.82, 2.24) is 20.3 Å². The summed E-state index contributed by atoms with van der Waals surface area (Å²) < 4.78 is 0. The molecule has 2 N–H and O–H groups in total. The van der Waals surface area contributed by atoms with Gasteiger partial charge >= 0.3 is 0 Å². The number of imidazole rings is 1. The van der Waals surface area contributed by atoms with E-state index in [4.69, 9.17) is 4.98 Å². The molecule has 1 fully saturated rings. The van der Waals surface area contributed by atoms with Crippen molar-refractivity contribution < 1.29 is 4.79 Å². The average Bonchev–Trinajstić information content (AvgIpc) is 3.27. The lowest BCUT2D eigenvalue weighted by molar-refractivity contribution is -0.109. The molecule has 0 unspecified atom stereocenters. The van der Waals surface area contributed by atoms with Crippen LogP contribution in [-0.4, -0.2) is 27.9 Å². The summed E-state index contributed by atoms with van der Waals surface area (Å²) in [6.07, 6.45) is 8.98. The van der Waals surface area contributed by atoms with Gasteiger partial charge < -0.3 is 10.3 Å². The Kier molecular flexibility index (Phi) is 3.76. The third kappa shape index (κ3) is 2.56. The number of fused-ring (bicyclic) bond motifs is 1. The minimum atomic E-state index is 0.0465. The van der Waals surface area contributed by atoms with Gasteiger partial charge in [0.05, 0.1) is 11.0 Å². The Hall–Kier alpha value is -2.69. The number of H-pyrrole nitrogens is 1. The number of aromatic amines is 1. The smallest absolute Gasteiger partial charge is 0.207 e. The highest BCUT2D eigenvalue weighted by Crippen LogP contribution is 2.41. The first-order valence-electron chi connectivity index (χ1n) is 8.38. The SMILES string of the molecule is O=CNCC1(c2ccc3[nH]c(-c4ccncc4)nc3c2)CCCC1. The van der Waals surface area contributed by atoms with Crippen LogP contribution in [0.2, 0.25) is 0 Å². The molecule has 0 saturated heterocycles. The van der Waals surface area contributed by atoms with Crippen LogP contribution in [0.25, 0.3) is 22.4 Å². The number of amides is 1. The van der Waals surface area contributed by atoms with Gasteiger partial charge in [0.15, 0.2) is 0 Å². The van der Waals surface area contributed by atoms with Crippen LogP contribution in [-0.2, 0) is 10.2 Å². The molecule has 0 radical (unpaired) electrons. The maximum atomic E-state index is 10.8. The minimum Gasteiger partial charge on any atom is -0.358 e. The van der Waals surface area contributed by atoms with Crippen LogP contribution in [0.4, 0.5) is 0 Å². The summed E-state index contributed by atoms with van der Waals surface area (Å²) in [5.74, 6) is 0.857. The molecule has 2 heterocycles. The molecule has 5 heteroatoms. The molecule has 0 bridgehead atoms. The van der Waals surface area contributed by atoms with Crippen molar-refractivity contribution in [2.75, 3.05) is 6.54 Å². The zero-order valence-electron chi connectivity index (χ0n) is 13.5. The minimum absolute atomic E-state index is 0.0465. The molecule has 0 atom stereocenters. The summed E-state index contributed by atoms with van der Waals surface area (Å²) in [6, 6.07) is 10.3. The molecular weight excluding hydrogens is 300 g/mol. The van der Waals surface area contributed by atoms with E-state index in [1.54, 1.807) is 12.4 Å². The quantitative estimate of drug-likeness (QED) is 0.709. The van der Waals surface area contributed by atoms with E-state index < -0.39 is 0 Å². The van der Waals surface area contributed by atoms with Crippen molar-refractivity contribution in [3.8, 4) is 11.4 Å². The van der Waals surface area contributed by atoms with E-state index in [0.717, 1.165) is 41.7 Å². The van der Waals surface area contributed by atoms with Gasteiger partial charge in [-0.3, -0.25) is 9.78 Å². The second-order valence-corrected chi connectivity index (χ2v) is 6.54. The number of carbonyl (C=O) groups excluding carboxylic acids is 1. The number of nitrogens with one attached hydrogen (secondary N) is 2. The third-order valence-electron chi connectivity index (χ3n) is 5.13. The molecule has 3 aromatic rings. The Bertz CT molecular complexity index is 850. The molecule has 5 nitrogen and oxygen atoms in total. The first kappa shape index (κ1) is 14.9. The number of hydrogen-bond acceptors (Lipinski definition) is 3. The Morgan fingerprint density at radius 3 is 2.71 bits per heavy atom. The number of rotatable bonds is 5. The van der Waals surface area contributed by atoms with Crippen molar-refractivity contribution in [2.45, 2.75) is 31.1 Å². The second-order valence-electron chi connectivity index (χ2n) is 6.54. The Balaban J connectivity index is 1.73. The van der Waals surface area contributed by atoms with Crippen molar-refractivity contribution >= 4 is 17.4 Å². The number of carbonyl (C=O) groups is 1. The molecular formula is C19H20N4O. The number of nitrogens with zero attached hydrogens (tertiary/aromatic N) is 2. The van der Waals surface area contributed by atoms with Gasteiger partial charge in [-0.05, 0) is 42.7 Å². The summed E-state index contributed by atoms with van der Waals surface area (Å²) >= 11 is 0. The highest BCUT2D eigenvalue weighted by Gasteiger charge is 2.35. The van der Waals surface area contributed by atoms with Gasteiger partial charge in [-0.25, -0.2) is 4.98 Å². The zero-order valence-corrected chi connectivity index (χ0v) is 13.5. The van der Waals surface area contributed by atoms with Gasteiger partial charge in [0.25, 0.3) is 0 Å². The summed E-state index contributed by atoms with van der Waals surface area (Å²) in [6.45, 7) is 0.698. The van der Waals surface area contributed by atoms with Gasteiger partial charge in [-0.15, -0.1) is 0 Å². The van der Waals surface area contributed by atoms with Gasteiger partial charge in [0.1, 0.15) is 5.82 Å². The first-order valence-corrected chi connectivity index (χ1v) is 8.38. The van der Waals surface area contributed by atoms with Crippen molar-refractivity contribution in [3.05, 3.63) is 48.3 Å². The predicted molar refractivity (Wildman–Crippen MR) is 93.5 cm³/mol. The monoisotopic (exact) mass is 320 g/mol. The standard InChI is InChI=1S/C19H20N4O/c24-13-21-12-19(7-1-2-8-19)15-3-4-16-17(11-15)23-18(22-16)14-5-9-20-10-6-14/h3-6,9-11,13H,1-2,7-8,12H2,(H,21,24)(H,22,23). The summed E-state index contributed by atoms with van der Waals surface area (Å²) in [7, 11) is 0. The predicted octanol–water partition coefficient (Wildman–Crippen LogP) is 3.18. The van der Waals surface area contributed by atoms with Crippen LogP contribution in [0.5, 0.6) is 0 Å². The van der Waals surface area contributed by atoms with Crippen molar-refractivity contribution in [2.24, 2.45) is 0 Å². The lowest BCUT2D eigenvalue weighted by Crippen LogP contribution is -2.35. The summed E-state index contributed by atoms with van der Waals surface area (Å²) in [4.78, 5) is 23.0. The summed E-state index contributed by atoms with van der Waals surface area (Å²) in [5.41, 5.74) is 4.35. The van der Waals surface area contributed by atoms with Crippen LogP contribution < -0.4 is 5.32 Å². The van der Waals surface area contributed by atoms with E-state index >= 15 is 0 Å².